The van der Waals surface area contributed by atoms with Crippen molar-refractivity contribution < 1.29 is 38.1 Å². The lowest BCUT2D eigenvalue weighted by Gasteiger charge is -2.33. The van der Waals surface area contributed by atoms with Gasteiger partial charge < -0.3 is 23.7 Å². The fourth-order valence-corrected chi connectivity index (χ4v) is 1.99. The molecule has 0 unspecified atom stereocenters. The summed E-state index contributed by atoms with van der Waals surface area (Å²) in [7, 11) is 3.75. The number of aldehydes is 1. The Kier molecular flexibility index (Phi) is 11.5. The molecular weight excluding hydrogens is 332 g/mol. The molecule has 0 amide bonds. The second kappa shape index (κ2) is 12.4. The van der Waals surface area contributed by atoms with E-state index in [1.54, 1.807) is 0 Å². The van der Waals surface area contributed by atoms with Gasteiger partial charge in [-0.2, -0.15) is 0 Å². The summed E-state index contributed by atoms with van der Waals surface area (Å²) in [5, 5.41) is 0. The molecule has 0 N–H and O–H groups in total. The zero-order chi connectivity index (χ0) is 19.3. The van der Waals surface area contributed by atoms with Crippen molar-refractivity contribution >= 4 is 18.2 Å². The van der Waals surface area contributed by atoms with Gasteiger partial charge in [-0.15, -0.1) is 0 Å². The number of ether oxygens (including phenoxy) is 5. The number of unbranched alkanes of at least 4 members (excludes halogenated alkanes) is 2. The number of carbonyl (C=O) groups excluding carboxylic acids is 3. The summed E-state index contributed by atoms with van der Waals surface area (Å²) in [6.07, 6.45) is 3.70. The number of rotatable bonds is 13. The van der Waals surface area contributed by atoms with E-state index in [2.05, 4.69) is 9.47 Å². The molecule has 0 rings (SSSR count). The fraction of sp³-hybridized carbons (Fsp3) is 0.706. The van der Waals surface area contributed by atoms with Crippen molar-refractivity contribution in [2.24, 2.45) is 0 Å². The van der Waals surface area contributed by atoms with E-state index in [0.29, 0.717) is 12.7 Å². The largest absolute Gasteiger partial charge is 0.479 e. The minimum atomic E-state index is -1.37. The SMILES string of the molecule is CCCCC[C@@H](O/C(=C/C(=O)OC)C(=O)OC)[C@](C)(C=O)OCOC. The van der Waals surface area contributed by atoms with Crippen LogP contribution in [0, 0.1) is 0 Å². The Morgan fingerprint density at radius 1 is 1.12 bits per heavy atom. The van der Waals surface area contributed by atoms with Crippen LogP contribution in [0.15, 0.2) is 11.8 Å². The molecule has 0 fully saturated rings. The van der Waals surface area contributed by atoms with Gasteiger partial charge in [-0.3, -0.25) is 4.79 Å². The Balaban J connectivity index is 5.53. The molecule has 0 radical (unpaired) electrons. The van der Waals surface area contributed by atoms with Crippen molar-refractivity contribution in [3.63, 3.8) is 0 Å². The van der Waals surface area contributed by atoms with Gasteiger partial charge in [-0.25, -0.2) is 9.59 Å². The van der Waals surface area contributed by atoms with Crippen LogP contribution < -0.4 is 0 Å². The molecular formula is C17H28O8. The molecule has 0 aromatic heterocycles. The molecule has 0 aliphatic carbocycles. The fourth-order valence-electron chi connectivity index (χ4n) is 1.99. The first-order chi connectivity index (χ1) is 11.9. The minimum Gasteiger partial charge on any atom is -0.479 e. The molecule has 0 heterocycles. The van der Waals surface area contributed by atoms with Gasteiger partial charge in [0.25, 0.3) is 0 Å². The Morgan fingerprint density at radius 3 is 2.28 bits per heavy atom. The highest BCUT2D eigenvalue weighted by Crippen LogP contribution is 2.25. The van der Waals surface area contributed by atoms with E-state index in [-0.39, 0.29) is 12.6 Å². The third-order valence-corrected chi connectivity index (χ3v) is 3.54. The molecule has 8 nitrogen and oxygen atoms in total. The third-order valence-electron chi connectivity index (χ3n) is 3.54. The lowest BCUT2D eigenvalue weighted by Crippen LogP contribution is -2.46. The summed E-state index contributed by atoms with van der Waals surface area (Å²) in [5.74, 6) is -1.99. The summed E-state index contributed by atoms with van der Waals surface area (Å²) in [6, 6.07) is 0. The molecule has 0 bridgehead atoms. The first-order valence-electron chi connectivity index (χ1n) is 8.02. The number of carbonyl (C=O) groups is 3. The van der Waals surface area contributed by atoms with Gasteiger partial charge >= 0.3 is 11.9 Å². The second-order valence-corrected chi connectivity index (χ2v) is 5.48. The lowest BCUT2D eigenvalue weighted by atomic mass is 9.95. The predicted molar refractivity (Wildman–Crippen MR) is 88.6 cm³/mol. The van der Waals surface area contributed by atoms with Crippen molar-refractivity contribution in [1.82, 2.24) is 0 Å². The highest BCUT2D eigenvalue weighted by Gasteiger charge is 2.38. The van der Waals surface area contributed by atoms with E-state index >= 15 is 0 Å². The van der Waals surface area contributed by atoms with Gasteiger partial charge in [0.2, 0.25) is 5.76 Å². The molecule has 0 aromatic carbocycles. The van der Waals surface area contributed by atoms with Crippen molar-refractivity contribution in [2.75, 3.05) is 28.1 Å². The summed E-state index contributed by atoms with van der Waals surface area (Å²) in [5.41, 5.74) is -1.37. The Labute approximate surface area is 148 Å². The smallest absolute Gasteiger partial charge is 0.373 e. The van der Waals surface area contributed by atoms with Crippen LogP contribution in [-0.4, -0.2) is 58.1 Å². The van der Waals surface area contributed by atoms with Crippen molar-refractivity contribution in [2.45, 2.75) is 51.2 Å². The normalized spacial score (nSPS) is 15.0. The van der Waals surface area contributed by atoms with Crippen molar-refractivity contribution in [3.8, 4) is 0 Å². The van der Waals surface area contributed by atoms with Crippen LogP contribution in [0.1, 0.15) is 39.5 Å². The van der Waals surface area contributed by atoms with Crippen molar-refractivity contribution in [3.05, 3.63) is 11.8 Å². The van der Waals surface area contributed by atoms with Gasteiger partial charge in [0, 0.05) is 7.11 Å². The van der Waals surface area contributed by atoms with E-state index in [1.807, 2.05) is 6.92 Å². The zero-order valence-corrected chi connectivity index (χ0v) is 15.5. The average molecular weight is 360 g/mol. The molecule has 25 heavy (non-hydrogen) atoms. The molecule has 0 spiro atoms. The Morgan fingerprint density at radius 2 is 1.80 bits per heavy atom. The molecule has 2 atom stereocenters. The van der Waals surface area contributed by atoms with E-state index in [9.17, 15) is 14.4 Å². The number of hydrogen-bond donors (Lipinski definition) is 0. The van der Waals surface area contributed by atoms with E-state index < -0.39 is 23.6 Å². The van der Waals surface area contributed by atoms with E-state index in [0.717, 1.165) is 32.4 Å². The van der Waals surface area contributed by atoms with Crippen LogP contribution in [0.25, 0.3) is 0 Å². The maximum absolute atomic E-state index is 11.9. The molecule has 0 aliphatic heterocycles. The lowest BCUT2D eigenvalue weighted by molar-refractivity contribution is -0.179. The average Bonchev–Trinajstić information content (AvgIpc) is 2.63. The topological polar surface area (TPSA) is 97.4 Å². The van der Waals surface area contributed by atoms with Crippen LogP contribution in [0.5, 0.6) is 0 Å². The van der Waals surface area contributed by atoms with Crippen LogP contribution in [0.3, 0.4) is 0 Å². The van der Waals surface area contributed by atoms with Crippen molar-refractivity contribution in [1.29, 1.82) is 0 Å². The summed E-state index contributed by atoms with van der Waals surface area (Å²) in [4.78, 5) is 35.0. The number of methoxy groups -OCH3 is 3. The highest BCUT2D eigenvalue weighted by atomic mass is 16.7. The first kappa shape index (κ1) is 23.1. The van der Waals surface area contributed by atoms with Crippen LogP contribution in [-0.2, 0) is 38.1 Å². The van der Waals surface area contributed by atoms with Gasteiger partial charge in [-0.05, 0) is 19.8 Å². The monoisotopic (exact) mass is 360 g/mol. The Bertz CT molecular complexity index is 460. The summed E-state index contributed by atoms with van der Waals surface area (Å²) in [6.45, 7) is 3.44. The van der Waals surface area contributed by atoms with Gasteiger partial charge in [0.05, 0.1) is 20.3 Å². The molecule has 0 aromatic rings. The molecule has 144 valence electrons. The molecule has 0 saturated heterocycles. The number of hydrogen-bond acceptors (Lipinski definition) is 8. The van der Waals surface area contributed by atoms with Crippen LogP contribution >= 0.6 is 0 Å². The summed E-state index contributed by atoms with van der Waals surface area (Å²) < 4.78 is 25.1. The molecule has 0 aliphatic rings. The van der Waals surface area contributed by atoms with Gasteiger partial charge in [0.15, 0.2) is 11.9 Å². The van der Waals surface area contributed by atoms with Crippen LogP contribution in [0.4, 0.5) is 0 Å². The number of esters is 2. The molecule has 8 heteroatoms. The Hall–Kier alpha value is -1.93. The highest BCUT2D eigenvalue weighted by molar-refractivity contribution is 5.94. The quantitative estimate of drug-likeness (QED) is 0.122. The minimum absolute atomic E-state index is 0.128. The van der Waals surface area contributed by atoms with E-state index in [1.165, 1.54) is 21.1 Å². The van der Waals surface area contributed by atoms with Gasteiger partial charge in [-0.1, -0.05) is 19.8 Å². The van der Waals surface area contributed by atoms with E-state index in [4.69, 9.17) is 14.2 Å². The first-order valence-corrected chi connectivity index (χ1v) is 8.02. The second-order valence-electron chi connectivity index (χ2n) is 5.48. The van der Waals surface area contributed by atoms with Crippen LogP contribution in [0.2, 0.25) is 0 Å². The third kappa shape index (κ3) is 8.13. The zero-order valence-electron chi connectivity index (χ0n) is 15.5. The van der Waals surface area contributed by atoms with Gasteiger partial charge in [0.1, 0.15) is 12.9 Å². The maximum atomic E-state index is 11.9. The maximum Gasteiger partial charge on any atom is 0.373 e. The summed E-state index contributed by atoms with van der Waals surface area (Å²) >= 11 is 0. The predicted octanol–water partition coefficient (Wildman–Crippen LogP) is 1.76. The standard InChI is InChI=1S/C17H28O8/c1-6-7-8-9-14(17(2,11-18)24-12-21-3)25-13(16(20)23-5)10-15(19)22-4/h10-11,14H,6-9,12H2,1-5H3/b13-10+/t14-,17+/m1/s1. The molecule has 0 saturated carbocycles.